The molecule has 1 aromatic carbocycles. The molecule has 0 aliphatic heterocycles. The third-order valence-corrected chi connectivity index (χ3v) is 2.31. The SMILES string of the molecule is CNC(=O)C(O)c1ccc(Cl)cc1Cl. The second kappa shape index (κ2) is 4.64. The number of carbonyl (C=O) groups is 1. The number of carbonyl (C=O) groups excluding carboxylic acids is 1. The fourth-order valence-electron chi connectivity index (χ4n) is 1.00. The number of hydrogen-bond donors (Lipinski definition) is 2. The summed E-state index contributed by atoms with van der Waals surface area (Å²) in [5.74, 6) is -0.505. The van der Waals surface area contributed by atoms with Crippen LogP contribution in [0.25, 0.3) is 0 Å². The molecule has 0 saturated heterocycles. The Bertz CT molecular complexity index is 355. The largest absolute Gasteiger partial charge is 0.378 e. The number of amides is 1. The number of benzene rings is 1. The van der Waals surface area contributed by atoms with Crippen molar-refractivity contribution >= 4 is 29.1 Å². The van der Waals surface area contributed by atoms with E-state index in [9.17, 15) is 9.90 Å². The number of rotatable bonds is 2. The second-order valence-corrected chi connectivity index (χ2v) is 3.53. The number of likely N-dealkylation sites (N-methyl/N-ethyl adjacent to an activating group) is 1. The number of aliphatic hydroxyl groups excluding tert-OH is 1. The molecule has 0 aliphatic carbocycles. The predicted octanol–water partition coefficient (Wildman–Crippen LogP) is 1.77. The van der Waals surface area contributed by atoms with Gasteiger partial charge < -0.3 is 10.4 Å². The minimum Gasteiger partial charge on any atom is -0.378 e. The van der Waals surface area contributed by atoms with Crippen molar-refractivity contribution in [2.75, 3.05) is 7.05 Å². The van der Waals surface area contributed by atoms with Crippen LogP contribution in [0.5, 0.6) is 0 Å². The number of hydrogen-bond acceptors (Lipinski definition) is 2. The molecule has 0 aliphatic rings. The molecule has 5 heteroatoms. The minimum atomic E-state index is -1.26. The van der Waals surface area contributed by atoms with Crippen molar-refractivity contribution in [3.8, 4) is 0 Å². The van der Waals surface area contributed by atoms with Crippen LogP contribution in [0.4, 0.5) is 0 Å². The molecule has 1 unspecified atom stereocenters. The molecule has 0 saturated carbocycles. The first-order valence-corrected chi connectivity index (χ1v) is 4.66. The molecule has 1 rings (SSSR count). The molecule has 0 heterocycles. The molecule has 3 nitrogen and oxygen atoms in total. The summed E-state index contributed by atoms with van der Waals surface area (Å²) in [4.78, 5) is 11.1. The minimum absolute atomic E-state index is 0.272. The van der Waals surface area contributed by atoms with E-state index in [1.54, 1.807) is 6.07 Å². The fraction of sp³-hybridized carbons (Fsp3) is 0.222. The second-order valence-electron chi connectivity index (χ2n) is 2.68. The molecule has 0 radical (unpaired) electrons. The Labute approximate surface area is 91.6 Å². The van der Waals surface area contributed by atoms with Crippen molar-refractivity contribution in [2.24, 2.45) is 0 Å². The lowest BCUT2D eigenvalue weighted by molar-refractivity contribution is -0.129. The van der Waals surface area contributed by atoms with Crippen molar-refractivity contribution in [1.82, 2.24) is 5.32 Å². The first-order valence-electron chi connectivity index (χ1n) is 3.91. The maximum absolute atomic E-state index is 11.1. The highest BCUT2D eigenvalue weighted by atomic mass is 35.5. The highest BCUT2D eigenvalue weighted by Gasteiger charge is 2.18. The summed E-state index contributed by atoms with van der Waals surface area (Å²) in [7, 11) is 1.44. The zero-order valence-electron chi connectivity index (χ0n) is 7.42. The lowest BCUT2D eigenvalue weighted by Gasteiger charge is -2.10. The summed E-state index contributed by atoms with van der Waals surface area (Å²) >= 11 is 11.5. The molecular weight excluding hydrogens is 225 g/mol. The Morgan fingerprint density at radius 2 is 2.14 bits per heavy atom. The van der Waals surface area contributed by atoms with Gasteiger partial charge in [0.1, 0.15) is 0 Å². The molecule has 2 N–H and O–H groups in total. The number of aliphatic hydroxyl groups is 1. The quantitative estimate of drug-likeness (QED) is 0.819. The van der Waals surface area contributed by atoms with E-state index in [2.05, 4.69) is 5.32 Å². The first-order chi connectivity index (χ1) is 6.56. The van der Waals surface area contributed by atoms with Gasteiger partial charge in [0.2, 0.25) is 0 Å². The van der Waals surface area contributed by atoms with Gasteiger partial charge in [0, 0.05) is 22.7 Å². The molecule has 0 aromatic heterocycles. The van der Waals surface area contributed by atoms with Crippen LogP contribution in [0, 0.1) is 0 Å². The predicted molar refractivity (Wildman–Crippen MR) is 55.5 cm³/mol. The van der Waals surface area contributed by atoms with Gasteiger partial charge in [-0.15, -0.1) is 0 Å². The Balaban J connectivity index is 3.01. The van der Waals surface area contributed by atoms with E-state index in [0.717, 1.165) is 0 Å². The van der Waals surface area contributed by atoms with Gasteiger partial charge in [-0.1, -0.05) is 29.3 Å². The van der Waals surface area contributed by atoms with E-state index in [1.807, 2.05) is 0 Å². The van der Waals surface area contributed by atoms with Crippen LogP contribution < -0.4 is 5.32 Å². The van der Waals surface area contributed by atoms with Crippen LogP contribution in [-0.4, -0.2) is 18.1 Å². The molecule has 0 bridgehead atoms. The highest BCUT2D eigenvalue weighted by Crippen LogP contribution is 2.26. The van der Waals surface area contributed by atoms with E-state index in [0.29, 0.717) is 10.6 Å². The van der Waals surface area contributed by atoms with E-state index in [1.165, 1.54) is 19.2 Å². The number of halogens is 2. The van der Waals surface area contributed by atoms with Gasteiger partial charge in [0.05, 0.1) is 0 Å². The van der Waals surface area contributed by atoms with Gasteiger partial charge in [-0.05, 0) is 12.1 Å². The summed E-state index contributed by atoms with van der Waals surface area (Å²) in [6.45, 7) is 0. The van der Waals surface area contributed by atoms with Crippen molar-refractivity contribution in [3.05, 3.63) is 33.8 Å². The van der Waals surface area contributed by atoms with Crippen molar-refractivity contribution < 1.29 is 9.90 Å². The van der Waals surface area contributed by atoms with Crippen molar-refractivity contribution in [3.63, 3.8) is 0 Å². The monoisotopic (exact) mass is 233 g/mol. The molecule has 1 atom stereocenters. The summed E-state index contributed by atoms with van der Waals surface area (Å²) in [5, 5.41) is 12.6. The zero-order chi connectivity index (χ0) is 10.7. The summed E-state index contributed by atoms with van der Waals surface area (Å²) in [5.41, 5.74) is 0.343. The zero-order valence-corrected chi connectivity index (χ0v) is 8.93. The van der Waals surface area contributed by atoms with Gasteiger partial charge in [-0.25, -0.2) is 0 Å². The molecule has 76 valence electrons. The summed E-state index contributed by atoms with van der Waals surface area (Å²) in [6.07, 6.45) is -1.26. The van der Waals surface area contributed by atoms with Crippen LogP contribution in [0.3, 0.4) is 0 Å². The average Bonchev–Trinajstić information content (AvgIpc) is 2.15. The van der Waals surface area contributed by atoms with Crippen LogP contribution in [0.2, 0.25) is 10.0 Å². The molecule has 1 amide bonds. The van der Waals surface area contributed by atoms with E-state index < -0.39 is 12.0 Å². The smallest absolute Gasteiger partial charge is 0.253 e. The van der Waals surface area contributed by atoms with E-state index in [4.69, 9.17) is 23.2 Å². The highest BCUT2D eigenvalue weighted by molar-refractivity contribution is 6.35. The third kappa shape index (κ3) is 2.38. The first kappa shape index (κ1) is 11.3. The summed E-state index contributed by atoms with van der Waals surface area (Å²) in [6, 6.07) is 4.56. The molecule has 1 aromatic rings. The molecule has 0 fully saturated rings. The topological polar surface area (TPSA) is 49.3 Å². The van der Waals surface area contributed by atoms with E-state index >= 15 is 0 Å². The summed E-state index contributed by atoms with van der Waals surface area (Å²) < 4.78 is 0. The Hall–Kier alpha value is -0.770. The van der Waals surface area contributed by atoms with Crippen LogP contribution in [-0.2, 0) is 4.79 Å². The van der Waals surface area contributed by atoms with Gasteiger partial charge in [0.25, 0.3) is 5.91 Å². The van der Waals surface area contributed by atoms with Gasteiger partial charge >= 0.3 is 0 Å². The van der Waals surface area contributed by atoms with Crippen LogP contribution in [0.1, 0.15) is 11.7 Å². The van der Waals surface area contributed by atoms with Crippen molar-refractivity contribution in [2.45, 2.75) is 6.10 Å². The Morgan fingerprint density at radius 1 is 1.50 bits per heavy atom. The average molecular weight is 234 g/mol. The standard InChI is InChI=1S/C9H9Cl2NO2/c1-12-9(14)8(13)6-3-2-5(10)4-7(6)11/h2-4,8,13H,1H3,(H,12,14). The number of nitrogens with one attached hydrogen (secondary N) is 1. The Kier molecular flexibility index (Phi) is 3.75. The van der Waals surface area contributed by atoms with Crippen LogP contribution in [0.15, 0.2) is 18.2 Å². The van der Waals surface area contributed by atoms with Crippen LogP contribution >= 0.6 is 23.2 Å². The normalized spacial score (nSPS) is 12.3. The van der Waals surface area contributed by atoms with Crippen molar-refractivity contribution in [1.29, 1.82) is 0 Å². The van der Waals surface area contributed by atoms with Gasteiger partial charge in [-0.2, -0.15) is 0 Å². The third-order valence-electron chi connectivity index (χ3n) is 1.75. The lowest BCUT2D eigenvalue weighted by Crippen LogP contribution is -2.25. The molecule has 0 spiro atoms. The maximum atomic E-state index is 11.1. The fourth-order valence-corrected chi connectivity index (χ4v) is 1.51. The lowest BCUT2D eigenvalue weighted by atomic mass is 10.1. The van der Waals surface area contributed by atoms with E-state index in [-0.39, 0.29) is 5.02 Å². The molecule has 14 heavy (non-hydrogen) atoms. The van der Waals surface area contributed by atoms with Gasteiger partial charge in [-0.3, -0.25) is 4.79 Å². The van der Waals surface area contributed by atoms with Gasteiger partial charge in [0.15, 0.2) is 6.10 Å². The molecular formula is C9H9Cl2NO2. The Morgan fingerprint density at radius 3 is 2.64 bits per heavy atom. The maximum Gasteiger partial charge on any atom is 0.253 e.